The predicted molar refractivity (Wildman–Crippen MR) is 101 cm³/mol. The second-order valence-corrected chi connectivity index (χ2v) is 8.53. The lowest BCUT2D eigenvalue weighted by Gasteiger charge is -2.19. The van der Waals surface area contributed by atoms with Gasteiger partial charge in [0.2, 0.25) is 0 Å². The lowest BCUT2D eigenvalue weighted by atomic mass is 10.1. The quantitative estimate of drug-likeness (QED) is 0.538. The van der Waals surface area contributed by atoms with Crippen LogP contribution in [0, 0.1) is 0 Å². The highest BCUT2D eigenvalue weighted by Crippen LogP contribution is 2.46. The van der Waals surface area contributed by atoms with E-state index in [2.05, 4.69) is 85.4 Å². The Labute approximate surface area is 144 Å². The summed E-state index contributed by atoms with van der Waals surface area (Å²) in [4.78, 5) is 5.67. The van der Waals surface area contributed by atoms with E-state index in [-0.39, 0.29) is 10.9 Å². The maximum atomic E-state index is 4.37. The number of hydrogen-bond acceptors (Lipinski definition) is 1. The minimum absolute atomic E-state index is 0.0545. The largest absolute Gasteiger partial charge is 0.174 e. The fourth-order valence-electron chi connectivity index (χ4n) is 2.80. The Kier molecular flexibility index (Phi) is 4.02. The summed E-state index contributed by atoms with van der Waals surface area (Å²) in [6, 6.07) is 28.1. The lowest BCUT2D eigenvalue weighted by Crippen LogP contribution is -2.15. The zero-order valence-corrected chi connectivity index (χ0v) is 14.4. The molecule has 0 saturated carbocycles. The third kappa shape index (κ3) is 2.85. The Morgan fingerprint density at radius 2 is 1.26 bits per heavy atom. The van der Waals surface area contributed by atoms with Crippen molar-refractivity contribution in [1.82, 2.24) is 0 Å². The van der Waals surface area contributed by atoms with Crippen molar-refractivity contribution in [3.8, 4) is 0 Å². The Hall–Kier alpha value is -1.90. The smallest absolute Gasteiger partial charge is 0.0905 e. The molecule has 0 aromatic heterocycles. The fraction of sp³-hybridized carbons (Fsp3) is 0.0476. The van der Waals surface area contributed by atoms with Crippen molar-refractivity contribution in [2.45, 2.75) is 19.6 Å². The third-order valence-corrected chi connectivity index (χ3v) is 7.77. The minimum atomic E-state index is 0.0545. The Morgan fingerprint density at radius 3 is 1.87 bits per heavy atom. The van der Waals surface area contributed by atoms with Gasteiger partial charge in [-0.15, -0.1) is 0 Å². The molecule has 112 valence electrons. The van der Waals surface area contributed by atoms with Gasteiger partial charge >= 0.3 is 0 Å². The molecular formula is C21H17S2+. The van der Waals surface area contributed by atoms with Crippen molar-refractivity contribution in [3.05, 3.63) is 91.0 Å². The highest BCUT2D eigenvalue weighted by molar-refractivity contribution is 8.04. The Balaban J connectivity index is 1.74. The van der Waals surface area contributed by atoms with Crippen LogP contribution in [-0.2, 0) is 10.9 Å². The van der Waals surface area contributed by atoms with Crippen LogP contribution < -0.4 is 0 Å². The molecule has 3 aromatic rings. The first kappa shape index (κ1) is 14.7. The monoisotopic (exact) mass is 333 g/mol. The van der Waals surface area contributed by atoms with Gasteiger partial charge in [0.15, 0.2) is 9.79 Å². The van der Waals surface area contributed by atoms with Gasteiger partial charge in [0, 0.05) is 5.57 Å². The average Bonchev–Trinajstić information content (AvgIpc) is 2.62. The SMILES string of the molecule is C=C(C[S+]1c2ccccc2Sc2ccccc21)c1ccccc1. The predicted octanol–water partition coefficient (Wildman–Crippen LogP) is 5.90. The number of benzene rings is 3. The molecule has 1 aliphatic rings. The zero-order valence-electron chi connectivity index (χ0n) is 12.7. The molecule has 0 unspecified atom stereocenters. The second kappa shape index (κ2) is 6.31. The van der Waals surface area contributed by atoms with Crippen molar-refractivity contribution < 1.29 is 0 Å². The summed E-state index contributed by atoms with van der Waals surface area (Å²) in [5.74, 6) is 0.985. The van der Waals surface area contributed by atoms with Crippen LogP contribution in [0.5, 0.6) is 0 Å². The van der Waals surface area contributed by atoms with Crippen LogP contribution in [0.3, 0.4) is 0 Å². The van der Waals surface area contributed by atoms with Gasteiger partial charge in [0.1, 0.15) is 5.75 Å². The van der Waals surface area contributed by atoms with E-state index in [1.54, 1.807) is 0 Å². The van der Waals surface area contributed by atoms with Crippen LogP contribution >= 0.6 is 11.8 Å². The summed E-state index contributed by atoms with van der Waals surface area (Å²) in [7, 11) is 0.0545. The molecule has 2 heteroatoms. The summed E-state index contributed by atoms with van der Waals surface area (Å²) in [5.41, 5.74) is 2.46. The standard InChI is InChI=1S/C21H17S2/c1-16(17-9-3-2-4-10-17)15-23-20-13-7-5-11-18(20)22-19-12-6-8-14-21(19)23/h2-14H,1,15H2/q+1. The molecule has 0 atom stereocenters. The normalized spacial score (nSPS) is 13.2. The van der Waals surface area contributed by atoms with Gasteiger partial charge in [-0.25, -0.2) is 0 Å². The molecule has 0 nitrogen and oxygen atoms in total. The van der Waals surface area contributed by atoms with Crippen molar-refractivity contribution in [2.75, 3.05) is 5.75 Å². The van der Waals surface area contributed by atoms with Gasteiger partial charge in [-0.2, -0.15) is 0 Å². The van der Waals surface area contributed by atoms with E-state index in [0.717, 1.165) is 5.75 Å². The van der Waals surface area contributed by atoms with E-state index in [1.165, 1.54) is 30.7 Å². The second-order valence-electron chi connectivity index (χ2n) is 5.50. The molecule has 23 heavy (non-hydrogen) atoms. The number of fused-ring (bicyclic) bond motifs is 2. The zero-order chi connectivity index (χ0) is 15.6. The lowest BCUT2D eigenvalue weighted by molar-refractivity contribution is 1.13. The van der Waals surface area contributed by atoms with Crippen molar-refractivity contribution in [3.63, 3.8) is 0 Å². The molecule has 0 aliphatic carbocycles. The van der Waals surface area contributed by atoms with E-state index in [9.17, 15) is 0 Å². The van der Waals surface area contributed by atoms with Crippen molar-refractivity contribution in [1.29, 1.82) is 0 Å². The van der Waals surface area contributed by atoms with Gasteiger partial charge in [-0.3, -0.25) is 0 Å². The highest BCUT2D eigenvalue weighted by atomic mass is 32.2. The summed E-state index contributed by atoms with van der Waals surface area (Å²) in [6.07, 6.45) is 0. The van der Waals surface area contributed by atoms with E-state index < -0.39 is 0 Å². The Morgan fingerprint density at radius 1 is 0.739 bits per heavy atom. The minimum Gasteiger partial charge on any atom is -0.0905 e. The third-order valence-electron chi connectivity index (χ3n) is 3.95. The van der Waals surface area contributed by atoms with Crippen LogP contribution in [0.2, 0.25) is 0 Å². The van der Waals surface area contributed by atoms with Crippen molar-refractivity contribution >= 4 is 28.2 Å². The number of rotatable bonds is 3. The molecule has 0 saturated heterocycles. The van der Waals surface area contributed by atoms with Crippen LogP contribution in [0.4, 0.5) is 0 Å². The van der Waals surface area contributed by atoms with E-state index in [4.69, 9.17) is 0 Å². The average molecular weight is 334 g/mol. The maximum Gasteiger partial charge on any atom is 0.174 e. The maximum absolute atomic E-state index is 4.37. The molecule has 0 spiro atoms. The molecule has 0 N–H and O–H groups in total. The highest BCUT2D eigenvalue weighted by Gasteiger charge is 2.35. The van der Waals surface area contributed by atoms with Gasteiger partial charge < -0.3 is 0 Å². The molecule has 1 heterocycles. The van der Waals surface area contributed by atoms with E-state index in [1.807, 2.05) is 11.8 Å². The topological polar surface area (TPSA) is 0 Å². The van der Waals surface area contributed by atoms with Gasteiger partial charge in [-0.1, -0.05) is 72.9 Å². The Bertz CT molecular complexity index is 807. The molecule has 0 radical (unpaired) electrons. The summed E-state index contributed by atoms with van der Waals surface area (Å²) < 4.78 is 0. The van der Waals surface area contributed by atoms with E-state index >= 15 is 0 Å². The van der Waals surface area contributed by atoms with Crippen LogP contribution in [0.25, 0.3) is 5.57 Å². The van der Waals surface area contributed by atoms with Gasteiger partial charge in [-0.05, 0) is 29.8 Å². The summed E-state index contributed by atoms with van der Waals surface area (Å²) >= 11 is 1.89. The van der Waals surface area contributed by atoms with Crippen molar-refractivity contribution in [2.24, 2.45) is 0 Å². The summed E-state index contributed by atoms with van der Waals surface area (Å²) in [6.45, 7) is 4.37. The van der Waals surface area contributed by atoms with E-state index in [0.29, 0.717) is 0 Å². The van der Waals surface area contributed by atoms with Gasteiger partial charge in [0.05, 0.1) is 20.7 Å². The fourth-order valence-corrected chi connectivity index (χ4v) is 6.69. The van der Waals surface area contributed by atoms with Crippen LogP contribution in [0.1, 0.15) is 5.56 Å². The first-order valence-corrected chi connectivity index (χ1v) is 9.84. The molecule has 3 aromatic carbocycles. The molecule has 0 amide bonds. The van der Waals surface area contributed by atoms with Crippen LogP contribution in [0.15, 0.2) is 105 Å². The summed E-state index contributed by atoms with van der Waals surface area (Å²) in [5, 5.41) is 0. The first-order valence-electron chi connectivity index (χ1n) is 7.63. The van der Waals surface area contributed by atoms with Gasteiger partial charge in [0.25, 0.3) is 0 Å². The molecule has 0 bridgehead atoms. The molecular weight excluding hydrogens is 316 g/mol. The first-order chi connectivity index (χ1) is 11.3. The molecule has 0 fully saturated rings. The number of hydrogen-bond donors (Lipinski definition) is 0. The van der Waals surface area contributed by atoms with Crippen LogP contribution in [-0.4, -0.2) is 5.75 Å². The molecule has 1 aliphatic heterocycles. The molecule has 4 rings (SSSR count).